The summed E-state index contributed by atoms with van der Waals surface area (Å²) in [6, 6.07) is 7.85. The molecule has 0 bridgehead atoms. The highest BCUT2D eigenvalue weighted by Gasteiger charge is 2.48. The summed E-state index contributed by atoms with van der Waals surface area (Å²) < 4.78 is 41.9. The molecule has 5 atom stereocenters. The van der Waals surface area contributed by atoms with Crippen LogP contribution in [0, 0.1) is 5.92 Å². The van der Waals surface area contributed by atoms with Crippen molar-refractivity contribution in [2.75, 3.05) is 50.6 Å². The van der Waals surface area contributed by atoms with Crippen molar-refractivity contribution < 1.29 is 57.4 Å². The number of hydrogen-bond donors (Lipinski definition) is 4. The molecule has 1 aromatic carbocycles. The van der Waals surface area contributed by atoms with E-state index < -0.39 is 52.6 Å². The molecule has 0 spiro atoms. The minimum atomic E-state index is -3.03. The van der Waals surface area contributed by atoms with Gasteiger partial charge in [-0.1, -0.05) is 25.1 Å². The Morgan fingerprint density at radius 2 is 1.63 bits per heavy atom. The number of sulfone groups is 1. The van der Waals surface area contributed by atoms with Crippen LogP contribution in [0.2, 0.25) is 0 Å². The maximum Gasteiger partial charge on any atom is 0.409 e. The molecule has 4 N–H and O–H groups in total. The molecule has 0 radical (unpaired) electrons. The molecule has 18 nitrogen and oxygen atoms in total. The number of benzene rings is 1. The van der Waals surface area contributed by atoms with Crippen LogP contribution in [-0.4, -0.2) is 154 Å². The van der Waals surface area contributed by atoms with Crippen LogP contribution < -0.4 is 9.64 Å². The Bertz CT molecular complexity index is 1900. The van der Waals surface area contributed by atoms with E-state index in [0.29, 0.717) is 22.4 Å². The van der Waals surface area contributed by atoms with Crippen molar-refractivity contribution in [1.29, 1.82) is 0 Å². The van der Waals surface area contributed by atoms with Crippen LogP contribution in [0.4, 0.5) is 15.4 Å². The summed E-state index contributed by atoms with van der Waals surface area (Å²) in [5.74, 6) is -0.266. The van der Waals surface area contributed by atoms with E-state index in [1.807, 2.05) is 7.05 Å². The van der Waals surface area contributed by atoms with Gasteiger partial charge < -0.3 is 49.3 Å². The molecule has 1 aliphatic carbocycles. The van der Waals surface area contributed by atoms with Crippen LogP contribution in [-0.2, 0) is 30.7 Å². The zero-order valence-electron chi connectivity index (χ0n) is 30.6. The lowest BCUT2D eigenvalue weighted by Gasteiger charge is -2.38. The third kappa shape index (κ3) is 9.20. The third-order valence-electron chi connectivity index (χ3n) is 10.1. The van der Waals surface area contributed by atoms with Gasteiger partial charge in [0.25, 0.3) is 0 Å². The SMILES string of the molecule is CCS(=O)(=O)CC1CCC(N(C)c2ncnc3c2ccn3C(=O)N(C)CCN(C)C(=O)OCc2ccccc2O[C@@H]2O[C@H](C(=O)O)[C@@H](O)[C@H](O)[C@H]2O)CC1. The third-order valence-corrected chi connectivity index (χ3v) is 11.9. The van der Waals surface area contributed by atoms with Gasteiger partial charge in [-0.25, -0.2) is 32.8 Å². The van der Waals surface area contributed by atoms with Gasteiger partial charge in [-0.15, -0.1) is 0 Å². The number of carbonyl (C=O) groups excluding carboxylic acids is 2. The van der Waals surface area contributed by atoms with Gasteiger partial charge in [0.1, 0.15) is 52.7 Å². The molecule has 1 aliphatic heterocycles. The number of carboxylic acids is 1. The molecule has 2 amide bonds. The number of fused-ring (bicyclic) bond motifs is 1. The molecular formula is C35H48N6O12S. The number of aliphatic hydroxyl groups excluding tert-OH is 3. The molecule has 1 saturated carbocycles. The van der Waals surface area contributed by atoms with Gasteiger partial charge in [-0.3, -0.25) is 4.57 Å². The summed E-state index contributed by atoms with van der Waals surface area (Å²) >= 11 is 0. The van der Waals surface area contributed by atoms with Gasteiger partial charge in [0.15, 0.2) is 11.8 Å². The Hall–Kier alpha value is -4.56. The van der Waals surface area contributed by atoms with Gasteiger partial charge in [-0.2, -0.15) is 0 Å². The summed E-state index contributed by atoms with van der Waals surface area (Å²) in [4.78, 5) is 51.6. The first-order valence-corrected chi connectivity index (χ1v) is 19.5. The fraction of sp³-hybridized carbons (Fsp3) is 0.571. The van der Waals surface area contributed by atoms with Crippen molar-refractivity contribution in [3.8, 4) is 5.75 Å². The minimum absolute atomic E-state index is 0.0830. The number of hydrogen-bond acceptors (Lipinski definition) is 14. The van der Waals surface area contributed by atoms with Gasteiger partial charge in [0.05, 0.1) is 11.1 Å². The summed E-state index contributed by atoms with van der Waals surface area (Å²) in [6.45, 7) is 1.66. The monoisotopic (exact) mass is 776 g/mol. The molecule has 2 aromatic heterocycles. The lowest BCUT2D eigenvalue weighted by molar-refractivity contribution is -0.271. The quantitative estimate of drug-likeness (QED) is 0.192. The number of rotatable bonds is 13. The average molecular weight is 777 g/mol. The molecule has 3 heterocycles. The van der Waals surface area contributed by atoms with Gasteiger partial charge in [-0.05, 0) is 43.7 Å². The van der Waals surface area contributed by atoms with Gasteiger partial charge in [0.2, 0.25) is 6.29 Å². The number of ether oxygens (including phenoxy) is 3. The van der Waals surface area contributed by atoms with E-state index in [2.05, 4.69) is 14.9 Å². The van der Waals surface area contributed by atoms with Gasteiger partial charge in [0, 0.05) is 57.8 Å². The maximum absolute atomic E-state index is 13.5. The summed E-state index contributed by atoms with van der Waals surface area (Å²) in [7, 11) is 2.02. The number of amides is 2. The number of carbonyl (C=O) groups is 3. The first kappa shape index (κ1) is 40.6. The second kappa shape index (κ2) is 17.3. The minimum Gasteiger partial charge on any atom is -0.479 e. The summed E-state index contributed by atoms with van der Waals surface area (Å²) in [6.07, 6.45) is -3.37. The Morgan fingerprint density at radius 3 is 2.31 bits per heavy atom. The number of aliphatic carboxylic acids is 1. The summed E-state index contributed by atoms with van der Waals surface area (Å²) in [5, 5.41) is 40.4. The van der Waals surface area contributed by atoms with Crippen molar-refractivity contribution in [2.24, 2.45) is 5.92 Å². The number of aromatic nitrogens is 3. The largest absolute Gasteiger partial charge is 0.479 e. The predicted octanol–water partition coefficient (Wildman–Crippen LogP) is 1.30. The number of para-hydroxylation sites is 1. The lowest BCUT2D eigenvalue weighted by Crippen LogP contribution is -2.61. The number of carboxylic acid groups (broad SMARTS) is 1. The van der Waals surface area contributed by atoms with Crippen LogP contribution >= 0.6 is 0 Å². The number of nitrogens with zero attached hydrogens (tertiary/aromatic N) is 6. The average Bonchev–Trinajstić information content (AvgIpc) is 3.60. The highest BCUT2D eigenvalue weighted by Crippen LogP contribution is 2.33. The Balaban J connectivity index is 1.14. The van der Waals surface area contributed by atoms with Crippen molar-refractivity contribution in [3.05, 3.63) is 48.4 Å². The van der Waals surface area contributed by atoms with Crippen LogP contribution in [0.15, 0.2) is 42.9 Å². The van der Waals surface area contributed by atoms with E-state index in [0.717, 1.165) is 25.7 Å². The zero-order chi connectivity index (χ0) is 39.3. The molecule has 3 aromatic rings. The molecule has 54 heavy (non-hydrogen) atoms. The van der Waals surface area contributed by atoms with Crippen molar-refractivity contribution in [1.82, 2.24) is 24.3 Å². The Morgan fingerprint density at radius 1 is 0.944 bits per heavy atom. The second-order valence-electron chi connectivity index (χ2n) is 13.7. The fourth-order valence-electron chi connectivity index (χ4n) is 6.66. The Kier molecular flexibility index (Phi) is 13.0. The van der Waals surface area contributed by atoms with Crippen LogP contribution in [0.1, 0.15) is 38.2 Å². The number of likely N-dealkylation sites (N-methyl/N-ethyl adjacent to an activating group) is 2. The van der Waals surface area contributed by atoms with Crippen LogP contribution in [0.3, 0.4) is 0 Å². The highest BCUT2D eigenvalue weighted by molar-refractivity contribution is 7.91. The normalized spacial score (nSPS) is 24.5. The topological polar surface area (TPSA) is 234 Å². The molecule has 1 saturated heterocycles. The smallest absolute Gasteiger partial charge is 0.409 e. The van der Waals surface area contributed by atoms with E-state index in [-0.39, 0.29) is 54.9 Å². The predicted molar refractivity (Wildman–Crippen MR) is 194 cm³/mol. The first-order chi connectivity index (χ1) is 25.6. The van der Waals surface area contributed by atoms with Crippen molar-refractivity contribution in [2.45, 2.75) is 76.0 Å². The van der Waals surface area contributed by atoms with Crippen LogP contribution in [0.25, 0.3) is 11.0 Å². The van der Waals surface area contributed by atoms with E-state index in [1.54, 1.807) is 44.4 Å². The van der Waals surface area contributed by atoms with Crippen molar-refractivity contribution >= 4 is 44.8 Å². The molecule has 2 fully saturated rings. The highest BCUT2D eigenvalue weighted by atomic mass is 32.2. The van der Waals surface area contributed by atoms with E-state index in [4.69, 9.17) is 14.2 Å². The molecule has 2 aliphatic rings. The first-order valence-electron chi connectivity index (χ1n) is 17.7. The second-order valence-corrected chi connectivity index (χ2v) is 16.1. The van der Waals surface area contributed by atoms with Crippen molar-refractivity contribution in [3.63, 3.8) is 0 Å². The standard InChI is InChI=1S/C35H48N6O12S/c1-5-54(49,50)19-21-10-12-23(13-11-21)40(4)30-24-14-15-41(31(24)37-20-36-30)34(47)38(2)16-17-39(3)35(48)51-18-22-8-6-7-9-25(22)52-33-28(44)26(42)27(43)29(53-33)32(45)46/h6-9,14-15,20-21,23,26-29,33,42-44H,5,10-13,16-19H2,1-4H3,(H,45,46)/t21?,23?,26-,27-,28+,29-,33+/m0/s1. The van der Waals surface area contributed by atoms with Crippen LogP contribution in [0.5, 0.6) is 5.75 Å². The zero-order valence-corrected chi connectivity index (χ0v) is 31.4. The van der Waals surface area contributed by atoms with E-state index >= 15 is 0 Å². The molecule has 0 unspecified atom stereocenters. The summed E-state index contributed by atoms with van der Waals surface area (Å²) in [5.41, 5.74) is 0.770. The maximum atomic E-state index is 13.5. The molecule has 19 heteroatoms. The van der Waals surface area contributed by atoms with E-state index in [1.165, 1.54) is 33.8 Å². The molecular weight excluding hydrogens is 728 g/mol. The van der Waals surface area contributed by atoms with Gasteiger partial charge >= 0.3 is 18.1 Å². The molecule has 5 rings (SSSR count). The number of anilines is 1. The fourth-order valence-corrected chi connectivity index (χ4v) is 7.94. The lowest BCUT2D eigenvalue weighted by atomic mass is 9.86. The van der Waals surface area contributed by atoms with E-state index in [9.17, 15) is 43.2 Å². The Labute approximate surface area is 312 Å². The number of aliphatic hydroxyl groups is 3. The molecule has 296 valence electrons.